The maximum atomic E-state index is 12.5. The van der Waals surface area contributed by atoms with Crippen molar-refractivity contribution in [1.82, 2.24) is 0 Å². The van der Waals surface area contributed by atoms with Crippen LogP contribution in [-0.2, 0) is 17.6 Å². The van der Waals surface area contributed by atoms with E-state index in [2.05, 4.69) is 36.6 Å². The molecule has 1 amide bonds. The van der Waals surface area contributed by atoms with Crippen molar-refractivity contribution in [1.29, 1.82) is 0 Å². The number of hydrogen-bond donors (Lipinski definition) is 0. The van der Waals surface area contributed by atoms with E-state index in [1.165, 1.54) is 16.0 Å². The molecule has 0 atom stereocenters. The summed E-state index contributed by atoms with van der Waals surface area (Å²) in [5.74, 6) is 0.258. The number of fused-ring (bicyclic) bond motifs is 1. The molecule has 104 valence electrons. The van der Waals surface area contributed by atoms with Gasteiger partial charge in [-0.25, -0.2) is 0 Å². The van der Waals surface area contributed by atoms with Crippen molar-refractivity contribution < 1.29 is 4.79 Å². The number of amides is 1. The fraction of sp³-hybridized carbons (Fsp3) is 0.353. The average Bonchev–Trinajstić information content (AvgIpc) is 2.98. The molecule has 1 aliphatic rings. The quantitative estimate of drug-likeness (QED) is 0.835. The number of hydrogen-bond acceptors (Lipinski definition) is 2. The monoisotopic (exact) mass is 285 g/mol. The zero-order valence-corrected chi connectivity index (χ0v) is 12.6. The van der Waals surface area contributed by atoms with E-state index in [0.29, 0.717) is 6.42 Å². The largest absolute Gasteiger partial charge is 0.312 e. The molecular formula is C17H19NOS. The molecule has 0 aliphatic carbocycles. The first-order valence-electron chi connectivity index (χ1n) is 7.17. The van der Waals surface area contributed by atoms with E-state index >= 15 is 0 Å². The summed E-state index contributed by atoms with van der Waals surface area (Å²) in [5, 5.41) is 2.07. The molecule has 2 nitrogen and oxygen atoms in total. The Hall–Kier alpha value is -1.61. The standard InChI is InChI=1S/C17H19NOS/c1-13-5-2-6-14-7-3-11-18(17(13)14)16(19)10-9-15-8-4-12-20-15/h2,4-6,8,12H,3,7,9-11H2,1H3. The van der Waals surface area contributed by atoms with Crippen LogP contribution >= 0.6 is 11.3 Å². The molecule has 0 fully saturated rings. The Morgan fingerprint density at radius 3 is 3.00 bits per heavy atom. The predicted octanol–water partition coefficient (Wildman–Crippen LogP) is 3.97. The van der Waals surface area contributed by atoms with Gasteiger partial charge in [0.15, 0.2) is 0 Å². The molecule has 0 spiro atoms. The van der Waals surface area contributed by atoms with Gasteiger partial charge in [0.25, 0.3) is 0 Å². The second-order valence-electron chi connectivity index (χ2n) is 5.31. The van der Waals surface area contributed by atoms with Crippen molar-refractivity contribution in [3.8, 4) is 0 Å². The van der Waals surface area contributed by atoms with Gasteiger partial charge in [0.1, 0.15) is 0 Å². The number of aryl methyl sites for hydroxylation is 3. The predicted molar refractivity (Wildman–Crippen MR) is 84.5 cm³/mol. The number of benzene rings is 1. The number of carbonyl (C=O) groups excluding carboxylic acids is 1. The molecule has 3 rings (SSSR count). The van der Waals surface area contributed by atoms with Crippen molar-refractivity contribution in [2.24, 2.45) is 0 Å². The summed E-state index contributed by atoms with van der Waals surface area (Å²) in [7, 11) is 0. The second kappa shape index (κ2) is 5.80. The minimum Gasteiger partial charge on any atom is -0.312 e. The zero-order valence-electron chi connectivity index (χ0n) is 11.8. The van der Waals surface area contributed by atoms with E-state index < -0.39 is 0 Å². The van der Waals surface area contributed by atoms with E-state index in [1.807, 2.05) is 11.0 Å². The van der Waals surface area contributed by atoms with Crippen LogP contribution in [0.25, 0.3) is 0 Å². The summed E-state index contributed by atoms with van der Waals surface area (Å²) in [6, 6.07) is 10.5. The van der Waals surface area contributed by atoms with Crippen molar-refractivity contribution in [3.63, 3.8) is 0 Å². The van der Waals surface area contributed by atoms with Gasteiger partial charge in [0.2, 0.25) is 5.91 Å². The van der Waals surface area contributed by atoms with Crippen LogP contribution < -0.4 is 4.90 Å². The Balaban J connectivity index is 1.76. The number of thiophene rings is 1. The van der Waals surface area contributed by atoms with Gasteiger partial charge >= 0.3 is 0 Å². The highest BCUT2D eigenvalue weighted by Crippen LogP contribution is 2.31. The molecule has 0 N–H and O–H groups in total. The molecule has 3 heteroatoms. The van der Waals surface area contributed by atoms with Crippen LogP contribution in [0, 0.1) is 6.92 Å². The maximum Gasteiger partial charge on any atom is 0.227 e. The lowest BCUT2D eigenvalue weighted by atomic mass is 9.98. The summed E-state index contributed by atoms with van der Waals surface area (Å²) in [6.45, 7) is 2.96. The number of nitrogens with zero attached hydrogens (tertiary/aromatic N) is 1. The first kappa shape index (κ1) is 13.4. The van der Waals surface area contributed by atoms with E-state index in [9.17, 15) is 4.79 Å². The molecule has 0 bridgehead atoms. The molecule has 0 saturated heterocycles. The number of rotatable bonds is 3. The molecule has 2 aromatic rings. The SMILES string of the molecule is Cc1cccc2c1N(C(=O)CCc1cccs1)CCC2. The fourth-order valence-electron chi connectivity index (χ4n) is 2.92. The van der Waals surface area contributed by atoms with Gasteiger partial charge in [-0.1, -0.05) is 24.3 Å². The molecule has 2 heterocycles. The summed E-state index contributed by atoms with van der Waals surface area (Å²) >= 11 is 1.73. The molecule has 20 heavy (non-hydrogen) atoms. The summed E-state index contributed by atoms with van der Waals surface area (Å²) in [6.07, 6.45) is 3.62. The molecule has 1 aliphatic heterocycles. The lowest BCUT2D eigenvalue weighted by molar-refractivity contribution is -0.118. The Morgan fingerprint density at radius 1 is 1.30 bits per heavy atom. The van der Waals surface area contributed by atoms with Crippen LogP contribution in [0.15, 0.2) is 35.7 Å². The highest BCUT2D eigenvalue weighted by Gasteiger charge is 2.23. The van der Waals surface area contributed by atoms with Crippen LogP contribution in [0.5, 0.6) is 0 Å². The minimum atomic E-state index is 0.258. The fourth-order valence-corrected chi connectivity index (χ4v) is 3.63. The van der Waals surface area contributed by atoms with Crippen LogP contribution in [0.4, 0.5) is 5.69 Å². The van der Waals surface area contributed by atoms with Crippen LogP contribution in [0.1, 0.15) is 28.8 Å². The summed E-state index contributed by atoms with van der Waals surface area (Å²) < 4.78 is 0. The van der Waals surface area contributed by atoms with Gasteiger partial charge < -0.3 is 4.90 Å². The second-order valence-corrected chi connectivity index (χ2v) is 6.34. The van der Waals surface area contributed by atoms with Crippen molar-refractivity contribution in [3.05, 3.63) is 51.7 Å². The molecule has 0 saturated carbocycles. The average molecular weight is 285 g/mol. The van der Waals surface area contributed by atoms with Crippen molar-refractivity contribution >= 4 is 22.9 Å². The maximum absolute atomic E-state index is 12.5. The van der Waals surface area contributed by atoms with Crippen LogP contribution in [0.3, 0.4) is 0 Å². The third kappa shape index (κ3) is 2.63. The number of anilines is 1. The van der Waals surface area contributed by atoms with E-state index in [0.717, 1.165) is 31.5 Å². The van der Waals surface area contributed by atoms with E-state index in [4.69, 9.17) is 0 Å². The van der Waals surface area contributed by atoms with Crippen LogP contribution in [0.2, 0.25) is 0 Å². The van der Waals surface area contributed by atoms with Crippen molar-refractivity contribution in [2.45, 2.75) is 32.6 Å². The highest BCUT2D eigenvalue weighted by atomic mass is 32.1. The van der Waals surface area contributed by atoms with E-state index in [-0.39, 0.29) is 5.91 Å². The molecule has 0 radical (unpaired) electrons. The third-order valence-corrected chi connectivity index (χ3v) is 4.82. The first-order valence-corrected chi connectivity index (χ1v) is 8.05. The zero-order chi connectivity index (χ0) is 13.9. The molecular weight excluding hydrogens is 266 g/mol. The van der Waals surface area contributed by atoms with Crippen LogP contribution in [-0.4, -0.2) is 12.5 Å². The normalized spacial score (nSPS) is 14.2. The Morgan fingerprint density at radius 2 is 2.20 bits per heavy atom. The topological polar surface area (TPSA) is 20.3 Å². The first-order chi connectivity index (χ1) is 9.75. The molecule has 1 aromatic heterocycles. The van der Waals surface area contributed by atoms with Gasteiger partial charge in [-0.05, 0) is 48.8 Å². The van der Waals surface area contributed by atoms with Gasteiger partial charge in [-0.2, -0.15) is 0 Å². The smallest absolute Gasteiger partial charge is 0.227 e. The Bertz CT molecular complexity index is 603. The lowest BCUT2D eigenvalue weighted by Gasteiger charge is -2.31. The highest BCUT2D eigenvalue weighted by molar-refractivity contribution is 7.09. The van der Waals surface area contributed by atoms with E-state index in [1.54, 1.807) is 11.3 Å². The Labute approximate surface area is 124 Å². The lowest BCUT2D eigenvalue weighted by Crippen LogP contribution is -2.36. The van der Waals surface area contributed by atoms with Gasteiger partial charge in [0.05, 0.1) is 0 Å². The molecule has 0 unspecified atom stereocenters. The third-order valence-electron chi connectivity index (χ3n) is 3.89. The number of para-hydroxylation sites is 1. The van der Waals surface area contributed by atoms with Crippen molar-refractivity contribution in [2.75, 3.05) is 11.4 Å². The Kier molecular flexibility index (Phi) is 3.88. The summed E-state index contributed by atoms with van der Waals surface area (Å²) in [5.41, 5.74) is 3.70. The minimum absolute atomic E-state index is 0.258. The van der Waals surface area contributed by atoms with Gasteiger partial charge in [-0.3, -0.25) is 4.79 Å². The summed E-state index contributed by atoms with van der Waals surface area (Å²) in [4.78, 5) is 15.8. The molecule has 1 aromatic carbocycles. The number of carbonyl (C=O) groups is 1. The van der Waals surface area contributed by atoms with Gasteiger partial charge in [-0.15, -0.1) is 11.3 Å². The van der Waals surface area contributed by atoms with Gasteiger partial charge in [0, 0.05) is 23.5 Å².